The van der Waals surface area contributed by atoms with Crippen molar-refractivity contribution in [1.29, 1.82) is 0 Å². The van der Waals surface area contributed by atoms with Gasteiger partial charge in [0.15, 0.2) is 6.61 Å². The van der Waals surface area contributed by atoms with E-state index < -0.39 is 24.4 Å². The molecule has 1 atom stereocenters. The molecule has 164 valence electrons. The van der Waals surface area contributed by atoms with Crippen molar-refractivity contribution in [2.75, 3.05) is 44.7 Å². The van der Waals surface area contributed by atoms with Crippen LogP contribution in [0.3, 0.4) is 0 Å². The molecule has 1 saturated heterocycles. The number of esters is 1. The topological polar surface area (TPSA) is 103 Å². The first-order valence-electron chi connectivity index (χ1n) is 9.58. The van der Waals surface area contributed by atoms with Gasteiger partial charge in [0.1, 0.15) is 17.2 Å². The number of ether oxygens (including phenoxy) is 4. The van der Waals surface area contributed by atoms with Gasteiger partial charge < -0.3 is 29.2 Å². The van der Waals surface area contributed by atoms with Crippen LogP contribution in [0, 0.1) is 5.92 Å². The predicted octanol–water partition coefficient (Wildman–Crippen LogP) is 2.25. The molecule has 0 spiro atoms. The Hall–Kier alpha value is -3.75. The number of benzene rings is 2. The first kappa shape index (κ1) is 21.9. The summed E-state index contributed by atoms with van der Waals surface area (Å²) in [6.07, 6.45) is 0.00477. The summed E-state index contributed by atoms with van der Waals surface area (Å²) in [5, 5.41) is 2.63. The molecule has 2 aromatic rings. The third kappa shape index (κ3) is 5.06. The Bertz CT molecular complexity index is 976. The fourth-order valence-corrected chi connectivity index (χ4v) is 3.29. The molecular formula is C22H24N2O7. The van der Waals surface area contributed by atoms with Crippen LogP contribution in [0.15, 0.2) is 42.5 Å². The number of nitrogens with zero attached hydrogens (tertiary/aromatic N) is 1. The largest absolute Gasteiger partial charge is 0.497 e. The number of hydrogen-bond acceptors (Lipinski definition) is 7. The van der Waals surface area contributed by atoms with E-state index in [1.807, 2.05) is 0 Å². The van der Waals surface area contributed by atoms with Crippen LogP contribution in [0.5, 0.6) is 17.2 Å². The molecule has 1 heterocycles. The molecule has 0 aliphatic carbocycles. The highest BCUT2D eigenvalue weighted by molar-refractivity contribution is 6.01. The van der Waals surface area contributed by atoms with Crippen LogP contribution in [-0.4, -0.2) is 52.3 Å². The Balaban J connectivity index is 1.56. The number of amides is 2. The Kier molecular flexibility index (Phi) is 6.96. The van der Waals surface area contributed by atoms with Gasteiger partial charge in [0.25, 0.3) is 5.91 Å². The van der Waals surface area contributed by atoms with Crippen molar-refractivity contribution in [1.82, 2.24) is 0 Å². The Morgan fingerprint density at radius 3 is 2.48 bits per heavy atom. The number of anilines is 2. The van der Waals surface area contributed by atoms with Crippen molar-refractivity contribution >= 4 is 29.2 Å². The van der Waals surface area contributed by atoms with Crippen LogP contribution in [0.2, 0.25) is 0 Å². The van der Waals surface area contributed by atoms with E-state index in [9.17, 15) is 14.4 Å². The second-order valence-electron chi connectivity index (χ2n) is 6.80. The summed E-state index contributed by atoms with van der Waals surface area (Å²) in [5.41, 5.74) is 1.01. The summed E-state index contributed by atoms with van der Waals surface area (Å²) in [6, 6.07) is 12.0. The van der Waals surface area contributed by atoms with Crippen LogP contribution in [0.1, 0.15) is 6.42 Å². The second kappa shape index (κ2) is 9.84. The van der Waals surface area contributed by atoms with Crippen LogP contribution >= 0.6 is 0 Å². The molecule has 3 rings (SSSR count). The molecular weight excluding hydrogens is 404 g/mol. The Morgan fingerprint density at radius 2 is 1.77 bits per heavy atom. The molecule has 1 aliphatic rings. The van der Waals surface area contributed by atoms with Gasteiger partial charge in [-0.15, -0.1) is 0 Å². The molecule has 0 unspecified atom stereocenters. The van der Waals surface area contributed by atoms with E-state index in [1.165, 1.54) is 26.2 Å². The number of methoxy groups -OCH3 is 3. The van der Waals surface area contributed by atoms with E-state index in [2.05, 4.69) is 5.32 Å². The fourth-order valence-electron chi connectivity index (χ4n) is 3.29. The minimum atomic E-state index is -0.666. The number of para-hydroxylation sites is 2. The Morgan fingerprint density at radius 1 is 1.03 bits per heavy atom. The van der Waals surface area contributed by atoms with E-state index in [1.54, 1.807) is 42.5 Å². The molecule has 2 aromatic carbocycles. The second-order valence-corrected chi connectivity index (χ2v) is 6.80. The smallest absolute Gasteiger partial charge is 0.311 e. The van der Waals surface area contributed by atoms with Gasteiger partial charge in [-0.2, -0.15) is 0 Å². The minimum Gasteiger partial charge on any atom is -0.497 e. The van der Waals surface area contributed by atoms with Crippen LogP contribution in [0.25, 0.3) is 0 Å². The van der Waals surface area contributed by atoms with E-state index in [-0.39, 0.29) is 18.9 Å². The van der Waals surface area contributed by atoms with Gasteiger partial charge in [0.05, 0.1) is 38.6 Å². The monoisotopic (exact) mass is 428 g/mol. The van der Waals surface area contributed by atoms with Gasteiger partial charge in [-0.1, -0.05) is 12.1 Å². The molecule has 1 fully saturated rings. The maximum atomic E-state index is 12.4. The van der Waals surface area contributed by atoms with E-state index >= 15 is 0 Å². The average molecular weight is 428 g/mol. The van der Waals surface area contributed by atoms with Crippen molar-refractivity contribution in [2.45, 2.75) is 6.42 Å². The number of rotatable bonds is 8. The Labute approximate surface area is 179 Å². The lowest BCUT2D eigenvalue weighted by molar-refractivity contribution is -0.151. The fraction of sp³-hybridized carbons (Fsp3) is 0.318. The zero-order chi connectivity index (χ0) is 22.4. The maximum Gasteiger partial charge on any atom is 0.311 e. The lowest BCUT2D eigenvalue weighted by Crippen LogP contribution is -2.28. The molecule has 0 saturated carbocycles. The van der Waals surface area contributed by atoms with Crippen LogP contribution < -0.4 is 24.4 Å². The van der Waals surface area contributed by atoms with Crippen LogP contribution in [0.4, 0.5) is 11.4 Å². The average Bonchev–Trinajstić information content (AvgIpc) is 3.19. The number of carbonyl (C=O) groups excluding carboxylic acids is 3. The van der Waals surface area contributed by atoms with Crippen molar-refractivity contribution < 1.29 is 33.3 Å². The van der Waals surface area contributed by atoms with Gasteiger partial charge in [0, 0.05) is 19.0 Å². The summed E-state index contributed by atoms with van der Waals surface area (Å²) in [7, 11) is 4.51. The quantitative estimate of drug-likeness (QED) is 0.643. The third-order valence-corrected chi connectivity index (χ3v) is 4.86. The van der Waals surface area contributed by atoms with E-state index in [4.69, 9.17) is 18.9 Å². The molecule has 0 radical (unpaired) electrons. The minimum absolute atomic E-state index is 0.00477. The zero-order valence-electron chi connectivity index (χ0n) is 17.5. The van der Waals surface area contributed by atoms with E-state index in [0.717, 1.165) is 0 Å². The standard InChI is InChI=1S/C22H24N2O7/c1-28-15-8-9-16(19(11-15)30-3)23-20(25)13-31-22(27)14-10-21(26)24(12-14)17-6-4-5-7-18(17)29-2/h4-9,11,14H,10,12-13H2,1-3H3,(H,23,25)/t14-/m1/s1. The molecule has 1 aliphatic heterocycles. The molecule has 9 heteroatoms. The van der Waals surface area contributed by atoms with Crippen molar-refractivity contribution in [3.8, 4) is 17.2 Å². The van der Waals surface area contributed by atoms with Crippen molar-refractivity contribution in [3.05, 3.63) is 42.5 Å². The third-order valence-electron chi connectivity index (χ3n) is 4.86. The first-order valence-corrected chi connectivity index (χ1v) is 9.58. The van der Waals surface area contributed by atoms with Gasteiger partial charge in [-0.3, -0.25) is 14.4 Å². The lowest BCUT2D eigenvalue weighted by atomic mass is 10.1. The highest BCUT2D eigenvalue weighted by atomic mass is 16.5. The van der Waals surface area contributed by atoms with Gasteiger partial charge in [0.2, 0.25) is 5.91 Å². The van der Waals surface area contributed by atoms with Gasteiger partial charge in [-0.25, -0.2) is 0 Å². The molecule has 31 heavy (non-hydrogen) atoms. The van der Waals surface area contributed by atoms with E-state index in [0.29, 0.717) is 28.6 Å². The molecule has 0 bridgehead atoms. The molecule has 9 nitrogen and oxygen atoms in total. The summed E-state index contributed by atoms with van der Waals surface area (Å²) < 4.78 is 20.8. The number of carbonyl (C=O) groups is 3. The van der Waals surface area contributed by atoms with Gasteiger partial charge >= 0.3 is 5.97 Å². The summed E-state index contributed by atoms with van der Waals surface area (Å²) in [5.74, 6) is -0.484. The molecule has 2 amide bonds. The molecule has 0 aromatic heterocycles. The number of nitrogens with one attached hydrogen (secondary N) is 1. The lowest BCUT2D eigenvalue weighted by Gasteiger charge is -2.19. The zero-order valence-corrected chi connectivity index (χ0v) is 17.5. The summed E-state index contributed by atoms with van der Waals surface area (Å²) in [6.45, 7) is -0.320. The highest BCUT2D eigenvalue weighted by Crippen LogP contribution is 2.33. The highest BCUT2D eigenvalue weighted by Gasteiger charge is 2.37. The van der Waals surface area contributed by atoms with Crippen molar-refractivity contribution in [3.63, 3.8) is 0 Å². The maximum absolute atomic E-state index is 12.4. The normalized spacial score (nSPS) is 15.4. The summed E-state index contributed by atoms with van der Waals surface area (Å²) in [4.78, 5) is 38.6. The first-order chi connectivity index (χ1) is 15.0. The number of hydrogen-bond donors (Lipinski definition) is 1. The summed E-state index contributed by atoms with van der Waals surface area (Å²) >= 11 is 0. The SMILES string of the molecule is COc1ccc(NC(=O)COC(=O)[C@@H]2CC(=O)N(c3ccccc3OC)C2)c(OC)c1. The predicted molar refractivity (Wildman–Crippen MR) is 113 cm³/mol. The van der Waals surface area contributed by atoms with Crippen molar-refractivity contribution in [2.24, 2.45) is 5.92 Å². The van der Waals surface area contributed by atoms with Crippen LogP contribution in [-0.2, 0) is 19.1 Å². The van der Waals surface area contributed by atoms with Gasteiger partial charge in [-0.05, 0) is 24.3 Å². The molecule has 1 N–H and O–H groups in total.